The number of alkyl halides is 2. The summed E-state index contributed by atoms with van der Waals surface area (Å²) in [6.07, 6.45) is 0.495. The van der Waals surface area contributed by atoms with Crippen LogP contribution in [0.4, 0.5) is 14.5 Å². The zero-order chi connectivity index (χ0) is 20.8. The molecule has 1 fully saturated rings. The molecule has 0 aliphatic heterocycles. The van der Waals surface area contributed by atoms with E-state index in [2.05, 4.69) is 20.6 Å². The number of aliphatic hydroxyl groups is 1. The van der Waals surface area contributed by atoms with Crippen molar-refractivity contribution in [1.82, 2.24) is 15.3 Å². The first kappa shape index (κ1) is 19.6. The molecule has 2 heterocycles. The van der Waals surface area contributed by atoms with Crippen molar-refractivity contribution in [1.29, 1.82) is 0 Å². The van der Waals surface area contributed by atoms with Crippen LogP contribution in [0.1, 0.15) is 43.5 Å². The number of aromatic amines is 1. The van der Waals surface area contributed by atoms with Crippen molar-refractivity contribution in [3.63, 3.8) is 0 Å². The lowest BCUT2D eigenvalue weighted by Gasteiger charge is -2.43. The van der Waals surface area contributed by atoms with E-state index in [1.54, 1.807) is 0 Å². The van der Waals surface area contributed by atoms with Gasteiger partial charge in [-0.05, 0) is 26.3 Å². The summed E-state index contributed by atoms with van der Waals surface area (Å²) >= 11 is 0. The van der Waals surface area contributed by atoms with Gasteiger partial charge >= 0.3 is 0 Å². The van der Waals surface area contributed by atoms with Gasteiger partial charge in [0, 0.05) is 42.5 Å². The number of hydrogen-bond acceptors (Lipinski definition) is 4. The summed E-state index contributed by atoms with van der Waals surface area (Å²) in [5.41, 5.74) is 2.04. The lowest BCUT2D eigenvalue weighted by atomic mass is 9.74. The molecule has 0 spiro atoms. The van der Waals surface area contributed by atoms with Crippen molar-refractivity contribution in [3.8, 4) is 0 Å². The van der Waals surface area contributed by atoms with Crippen LogP contribution in [-0.4, -0.2) is 45.1 Å². The molecule has 1 aliphatic rings. The van der Waals surface area contributed by atoms with Crippen molar-refractivity contribution in [2.75, 3.05) is 11.9 Å². The average Bonchev–Trinajstić information content (AvgIpc) is 2.99. The van der Waals surface area contributed by atoms with E-state index in [0.717, 1.165) is 21.9 Å². The maximum Gasteiger partial charge on any atom is 0.255 e. The molecule has 4 N–H and O–H groups in total. The van der Waals surface area contributed by atoms with Crippen LogP contribution < -0.4 is 10.6 Å². The highest BCUT2D eigenvalue weighted by molar-refractivity contribution is 6.13. The smallest absolute Gasteiger partial charge is 0.255 e. The lowest BCUT2D eigenvalue weighted by molar-refractivity contribution is -0.206. The van der Waals surface area contributed by atoms with E-state index in [4.69, 9.17) is 0 Å². The van der Waals surface area contributed by atoms with Crippen molar-refractivity contribution < 1.29 is 18.7 Å². The number of amides is 1. The summed E-state index contributed by atoms with van der Waals surface area (Å²) in [5.74, 6) is -3.17. The fourth-order valence-corrected chi connectivity index (χ4v) is 3.97. The minimum atomic E-state index is -2.81. The lowest BCUT2D eigenvalue weighted by Crippen LogP contribution is -2.53. The number of fused-ring (bicyclic) bond motifs is 3. The van der Waals surface area contributed by atoms with E-state index in [9.17, 15) is 18.7 Å². The summed E-state index contributed by atoms with van der Waals surface area (Å²) in [7, 11) is 0. The van der Waals surface area contributed by atoms with E-state index >= 15 is 0 Å². The highest BCUT2D eigenvalue weighted by atomic mass is 19.3. The van der Waals surface area contributed by atoms with Crippen molar-refractivity contribution in [2.24, 2.45) is 0 Å². The van der Waals surface area contributed by atoms with Crippen LogP contribution in [0, 0.1) is 0 Å². The molecule has 1 saturated carbocycles. The highest BCUT2D eigenvalue weighted by Gasteiger charge is 2.55. The third-order valence-corrected chi connectivity index (χ3v) is 5.25. The monoisotopic (exact) mass is 402 g/mol. The van der Waals surface area contributed by atoms with Gasteiger partial charge in [0.15, 0.2) is 0 Å². The number of aromatic nitrogens is 2. The number of carbonyl (C=O) groups is 1. The summed E-state index contributed by atoms with van der Waals surface area (Å²) in [5, 5.41) is 17.1. The molecule has 0 radical (unpaired) electrons. The minimum Gasteiger partial charge on any atom is -0.389 e. The predicted molar refractivity (Wildman–Crippen MR) is 108 cm³/mol. The first-order chi connectivity index (χ1) is 13.7. The molecule has 0 bridgehead atoms. The zero-order valence-corrected chi connectivity index (χ0v) is 16.4. The number of para-hydroxylation sites is 1. The SMILES string of the molecule is CC(C)Nc1c(C(=O)NCCC2(O)CC(F)(F)C2)cnc2c1[nH]c1ccccc12. The number of rotatable bonds is 6. The van der Waals surface area contributed by atoms with Crippen LogP contribution in [0.3, 0.4) is 0 Å². The van der Waals surface area contributed by atoms with E-state index in [-0.39, 0.29) is 24.9 Å². The Balaban J connectivity index is 1.58. The molecule has 4 rings (SSSR count). The van der Waals surface area contributed by atoms with Gasteiger partial charge in [0.25, 0.3) is 11.8 Å². The number of hydrogen-bond donors (Lipinski definition) is 4. The maximum absolute atomic E-state index is 13.0. The highest BCUT2D eigenvalue weighted by Crippen LogP contribution is 2.47. The van der Waals surface area contributed by atoms with Gasteiger partial charge in [-0.2, -0.15) is 0 Å². The molecule has 154 valence electrons. The summed E-state index contributed by atoms with van der Waals surface area (Å²) in [6.45, 7) is 4.06. The second kappa shape index (κ2) is 6.95. The molecule has 8 heteroatoms. The molecular formula is C21H24F2N4O2. The summed E-state index contributed by atoms with van der Waals surface area (Å²) in [6, 6.07) is 7.86. The van der Waals surface area contributed by atoms with Gasteiger partial charge in [-0.15, -0.1) is 0 Å². The number of nitrogens with zero attached hydrogens (tertiary/aromatic N) is 1. The topological polar surface area (TPSA) is 90.0 Å². The van der Waals surface area contributed by atoms with Gasteiger partial charge in [-0.25, -0.2) is 8.78 Å². The second-order valence-corrected chi connectivity index (χ2v) is 8.18. The summed E-state index contributed by atoms with van der Waals surface area (Å²) in [4.78, 5) is 20.6. The Morgan fingerprint density at radius 2 is 2.03 bits per heavy atom. The van der Waals surface area contributed by atoms with Gasteiger partial charge in [0.05, 0.1) is 27.9 Å². The second-order valence-electron chi connectivity index (χ2n) is 8.18. The number of benzene rings is 1. The van der Waals surface area contributed by atoms with Gasteiger partial charge in [0.1, 0.15) is 0 Å². The quantitative estimate of drug-likeness (QED) is 0.505. The van der Waals surface area contributed by atoms with Crippen molar-refractivity contribution in [2.45, 2.75) is 50.7 Å². The molecule has 1 aliphatic carbocycles. The van der Waals surface area contributed by atoms with Crippen LogP contribution in [-0.2, 0) is 0 Å². The van der Waals surface area contributed by atoms with E-state index in [1.807, 2.05) is 38.1 Å². The van der Waals surface area contributed by atoms with E-state index in [1.165, 1.54) is 6.20 Å². The van der Waals surface area contributed by atoms with Crippen LogP contribution >= 0.6 is 0 Å². The van der Waals surface area contributed by atoms with Gasteiger partial charge in [0.2, 0.25) is 0 Å². The normalized spacial score (nSPS) is 17.4. The fourth-order valence-electron chi connectivity index (χ4n) is 3.97. The van der Waals surface area contributed by atoms with Crippen LogP contribution in [0.2, 0.25) is 0 Å². The standard InChI is InChI=1S/C21H24F2N4O2/c1-12(2)26-17-14(19(28)24-8-7-20(29)10-21(22,23)11-20)9-25-16-13-5-3-4-6-15(13)27-18(16)17/h3-6,9,12,27,29H,7-8,10-11H2,1-2H3,(H,24,28)(H,25,26). The number of pyridine rings is 1. The van der Waals surface area contributed by atoms with E-state index in [0.29, 0.717) is 11.3 Å². The minimum absolute atomic E-state index is 0.0801. The Bertz CT molecular complexity index is 1070. The molecule has 0 atom stereocenters. The Labute approximate surface area is 166 Å². The Morgan fingerprint density at radius 3 is 2.72 bits per heavy atom. The summed E-state index contributed by atoms with van der Waals surface area (Å²) < 4.78 is 26.1. The van der Waals surface area contributed by atoms with Crippen LogP contribution in [0.25, 0.3) is 21.9 Å². The van der Waals surface area contributed by atoms with Gasteiger partial charge in [-0.1, -0.05) is 18.2 Å². The molecule has 1 amide bonds. The van der Waals surface area contributed by atoms with Crippen molar-refractivity contribution in [3.05, 3.63) is 36.0 Å². The largest absolute Gasteiger partial charge is 0.389 e. The Morgan fingerprint density at radius 1 is 1.31 bits per heavy atom. The van der Waals surface area contributed by atoms with E-state index < -0.39 is 24.4 Å². The molecule has 0 unspecified atom stereocenters. The fraction of sp³-hybridized carbons (Fsp3) is 0.429. The van der Waals surface area contributed by atoms with Gasteiger partial charge < -0.3 is 20.7 Å². The third-order valence-electron chi connectivity index (χ3n) is 5.25. The number of H-pyrrole nitrogens is 1. The number of nitrogens with one attached hydrogen (secondary N) is 3. The first-order valence-corrected chi connectivity index (χ1v) is 9.72. The Kier molecular flexibility index (Phi) is 4.69. The molecule has 3 aromatic rings. The number of carbonyl (C=O) groups excluding carboxylic acids is 1. The molecule has 6 nitrogen and oxygen atoms in total. The third kappa shape index (κ3) is 3.76. The average molecular weight is 402 g/mol. The first-order valence-electron chi connectivity index (χ1n) is 9.72. The zero-order valence-electron chi connectivity index (χ0n) is 16.4. The van der Waals surface area contributed by atoms with Crippen molar-refractivity contribution >= 4 is 33.5 Å². The molecule has 2 aromatic heterocycles. The predicted octanol–water partition coefficient (Wildman–Crippen LogP) is 3.82. The Hall–Kier alpha value is -2.74. The number of halogens is 2. The number of anilines is 1. The van der Waals surface area contributed by atoms with Crippen LogP contribution in [0.15, 0.2) is 30.5 Å². The molecule has 29 heavy (non-hydrogen) atoms. The maximum atomic E-state index is 13.0. The molecular weight excluding hydrogens is 378 g/mol. The van der Waals surface area contributed by atoms with Gasteiger partial charge in [-0.3, -0.25) is 9.78 Å². The van der Waals surface area contributed by atoms with Crippen LogP contribution in [0.5, 0.6) is 0 Å². The molecule has 0 saturated heterocycles. The molecule has 1 aromatic carbocycles.